The van der Waals surface area contributed by atoms with Gasteiger partial charge in [-0.1, -0.05) is 30.3 Å². The molecule has 29 heavy (non-hydrogen) atoms. The van der Waals surface area contributed by atoms with Crippen LogP contribution in [-0.2, 0) is 16.1 Å². The van der Waals surface area contributed by atoms with E-state index in [1.165, 1.54) is 0 Å². The Morgan fingerprint density at radius 2 is 1.79 bits per heavy atom. The highest BCUT2D eigenvalue weighted by atomic mass is 16.5. The lowest BCUT2D eigenvalue weighted by Crippen LogP contribution is -2.38. The molecule has 2 aliphatic rings. The number of nitrogens with zero attached hydrogens (tertiary/aromatic N) is 2. The molecule has 6 nitrogen and oxygen atoms in total. The first kappa shape index (κ1) is 19.3. The van der Waals surface area contributed by atoms with Gasteiger partial charge >= 0.3 is 0 Å². The maximum absolute atomic E-state index is 13.3. The number of carbonyl (C=O) groups excluding carboxylic acids is 2. The molecule has 1 atom stereocenters. The highest BCUT2D eigenvalue weighted by Gasteiger charge is 2.41. The van der Waals surface area contributed by atoms with E-state index in [-0.39, 0.29) is 24.2 Å². The van der Waals surface area contributed by atoms with Crippen molar-refractivity contribution >= 4 is 17.5 Å². The molecular formula is C23H26N2O4. The molecule has 2 aromatic carbocycles. The third-order valence-electron chi connectivity index (χ3n) is 5.62. The number of hydrogen-bond donors (Lipinski definition) is 0. The van der Waals surface area contributed by atoms with Crippen LogP contribution in [0.25, 0.3) is 0 Å². The Labute approximate surface area is 171 Å². The number of anilines is 1. The number of rotatable bonds is 7. The number of carbonyl (C=O) groups is 2. The van der Waals surface area contributed by atoms with E-state index in [9.17, 15) is 9.59 Å². The van der Waals surface area contributed by atoms with E-state index in [1.54, 1.807) is 31.3 Å². The standard InChI is InChI=1S/C23H26N2O4/c1-28-20-11-10-19(13-21(20)29-2)24-15-17(12-22(24)26)23(27)25(18-8-9-18)14-16-6-4-3-5-7-16/h3-7,10-11,13,17-18H,8-9,12,14-15H2,1-2H3. The highest BCUT2D eigenvalue weighted by Crippen LogP contribution is 2.36. The molecule has 4 rings (SSSR count). The Balaban J connectivity index is 1.50. The number of amides is 2. The molecule has 0 spiro atoms. The van der Waals surface area contributed by atoms with Gasteiger partial charge in [0, 0.05) is 37.3 Å². The van der Waals surface area contributed by atoms with Crippen molar-refractivity contribution in [3.05, 3.63) is 54.1 Å². The molecule has 2 amide bonds. The molecule has 1 aliphatic carbocycles. The van der Waals surface area contributed by atoms with Gasteiger partial charge in [-0.2, -0.15) is 0 Å². The van der Waals surface area contributed by atoms with E-state index in [4.69, 9.17) is 9.47 Å². The van der Waals surface area contributed by atoms with Crippen molar-refractivity contribution in [2.24, 2.45) is 5.92 Å². The first-order chi connectivity index (χ1) is 14.1. The predicted octanol–water partition coefficient (Wildman–Crippen LogP) is 3.25. The van der Waals surface area contributed by atoms with Crippen LogP contribution in [0.3, 0.4) is 0 Å². The summed E-state index contributed by atoms with van der Waals surface area (Å²) in [5.74, 6) is 0.896. The lowest BCUT2D eigenvalue weighted by atomic mass is 10.1. The van der Waals surface area contributed by atoms with Crippen molar-refractivity contribution in [1.29, 1.82) is 0 Å². The van der Waals surface area contributed by atoms with Gasteiger partial charge in [0.25, 0.3) is 0 Å². The van der Waals surface area contributed by atoms with Crippen molar-refractivity contribution in [2.75, 3.05) is 25.7 Å². The smallest absolute Gasteiger partial charge is 0.228 e. The summed E-state index contributed by atoms with van der Waals surface area (Å²) in [7, 11) is 3.14. The van der Waals surface area contributed by atoms with Crippen LogP contribution in [0, 0.1) is 5.92 Å². The van der Waals surface area contributed by atoms with Crippen LogP contribution in [-0.4, -0.2) is 43.5 Å². The van der Waals surface area contributed by atoms with Gasteiger partial charge in [-0.15, -0.1) is 0 Å². The Bertz CT molecular complexity index is 895. The SMILES string of the molecule is COc1ccc(N2CC(C(=O)N(Cc3ccccc3)C3CC3)CC2=O)cc1OC. The molecule has 0 aromatic heterocycles. The monoisotopic (exact) mass is 394 g/mol. The highest BCUT2D eigenvalue weighted by molar-refractivity contribution is 6.00. The van der Waals surface area contributed by atoms with Gasteiger partial charge in [0.05, 0.1) is 20.1 Å². The first-order valence-electron chi connectivity index (χ1n) is 9.97. The normalized spacial score (nSPS) is 18.6. The average molecular weight is 394 g/mol. The Morgan fingerprint density at radius 1 is 1.07 bits per heavy atom. The summed E-state index contributed by atoms with van der Waals surface area (Å²) < 4.78 is 10.6. The fourth-order valence-corrected chi connectivity index (χ4v) is 3.90. The zero-order chi connectivity index (χ0) is 20.4. The zero-order valence-electron chi connectivity index (χ0n) is 16.8. The minimum atomic E-state index is -0.320. The Kier molecular flexibility index (Phi) is 5.43. The summed E-state index contributed by atoms with van der Waals surface area (Å²) in [6.45, 7) is 0.997. The average Bonchev–Trinajstić information content (AvgIpc) is 3.53. The lowest BCUT2D eigenvalue weighted by Gasteiger charge is -2.26. The number of ether oxygens (including phenoxy) is 2. The van der Waals surface area contributed by atoms with Crippen LogP contribution in [0.1, 0.15) is 24.8 Å². The molecule has 2 fully saturated rings. The summed E-state index contributed by atoms with van der Waals surface area (Å²) in [5.41, 5.74) is 1.85. The van der Waals surface area contributed by atoms with Crippen molar-refractivity contribution in [3.8, 4) is 11.5 Å². The molecule has 1 saturated heterocycles. The second-order valence-electron chi connectivity index (χ2n) is 7.63. The summed E-state index contributed by atoms with van der Waals surface area (Å²) in [5, 5.41) is 0. The van der Waals surface area contributed by atoms with E-state index in [1.807, 2.05) is 41.3 Å². The van der Waals surface area contributed by atoms with Crippen molar-refractivity contribution in [3.63, 3.8) is 0 Å². The van der Waals surface area contributed by atoms with Crippen LogP contribution in [0.2, 0.25) is 0 Å². The van der Waals surface area contributed by atoms with E-state index in [0.29, 0.717) is 30.6 Å². The molecule has 0 bridgehead atoms. The Morgan fingerprint density at radius 3 is 2.45 bits per heavy atom. The molecular weight excluding hydrogens is 368 g/mol. The molecule has 1 unspecified atom stereocenters. The minimum absolute atomic E-state index is 0.0361. The largest absolute Gasteiger partial charge is 0.493 e. The predicted molar refractivity (Wildman–Crippen MR) is 110 cm³/mol. The molecule has 0 radical (unpaired) electrons. The lowest BCUT2D eigenvalue weighted by molar-refractivity contribution is -0.137. The number of hydrogen-bond acceptors (Lipinski definition) is 4. The van der Waals surface area contributed by atoms with Gasteiger partial charge in [0.1, 0.15) is 0 Å². The van der Waals surface area contributed by atoms with Crippen molar-refractivity contribution in [2.45, 2.75) is 31.8 Å². The second kappa shape index (κ2) is 8.15. The third kappa shape index (κ3) is 4.06. The maximum atomic E-state index is 13.3. The molecule has 1 heterocycles. The van der Waals surface area contributed by atoms with Crippen LogP contribution in [0.15, 0.2) is 48.5 Å². The van der Waals surface area contributed by atoms with E-state index < -0.39 is 0 Å². The van der Waals surface area contributed by atoms with E-state index in [0.717, 1.165) is 24.1 Å². The molecule has 0 N–H and O–H groups in total. The zero-order valence-corrected chi connectivity index (χ0v) is 16.8. The second-order valence-corrected chi connectivity index (χ2v) is 7.63. The number of methoxy groups -OCH3 is 2. The van der Waals surface area contributed by atoms with Gasteiger partial charge in [-0.05, 0) is 30.5 Å². The van der Waals surface area contributed by atoms with Gasteiger partial charge < -0.3 is 19.3 Å². The fourth-order valence-electron chi connectivity index (χ4n) is 3.90. The Hall–Kier alpha value is -3.02. The number of benzene rings is 2. The molecule has 152 valence electrons. The van der Waals surface area contributed by atoms with Crippen molar-refractivity contribution in [1.82, 2.24) is 4.90 Å². The minimum Gasteiger partial charge on any atom is -0.493 e. The topological polar surface area (TPSA) is 59.1 Å². The first-order valence-corrected chi connectivity index (χ1v) is 9.97. The van der Waals surface area contributed by atoms with Gasteiger partial charge in [-0.3, -0.25) is 9.59 Å². The maximum Gasteiger partial charge on any atom is 0.228 e. The third-order valence-corrected chi connectivity index (χ3v) is 5.62. The van der Waals surface area contributed by atoms with E-state index >= 15 is 0 Å². The molecule has 2 aromatic rings. The van der Waals surface area contributed by atoms with Gasteiger partial charge in [0.15, 0.2) is 11.5 Å². The van der Waals surface area contributed by atoms with Crippen LogP contribution in [0.4, 0.5) is 5.69 Å². The van der Waals surface area contributed by atoms with Crippen molar-refractivity contribution < 1.29 is 19.1 Å². The van der Waals surface area contributed by atoms with Gasteiger partial charge in [-0.25, -0.2) is 0 Å². The molecule has 6 heteroatoms. The summed E-state index contributed by atoms with van der Waals surface area (Å²) in [4.78, 5) is 29.6. The quantitative estimate of drug-likeness (QED) is 0.723. The van der Waals surface area contributed by atoms with Crippen LogP contribution < -0.4 is 14.4 Å². The van der Waals surface area contributed by atoms with E-state index in [2.05, 4.69) is 0 Å². The summed E-state index contributed by atoms with van der Waals surface area (Å²) in [6, 6.07) is 15.7. The molecule has 1 saturated carbocycles. The summed E-state index contributed by atoms with van der Waals surface area (Å²) >= 11 is 0. The summed E-state index contributed by atoms with van der Waals surface area (Å²) in [6.07, 6.45) is 2.32. The fraction of sp³-hybridized carbons (Fsp3) is 0.391. The van der Waals surface area contributed by atoms with Crippen LogP contribution >= 0.6 is 0 Å². The van der Waals surface area contributed by atoms with Gasteiger partial charge in [0.2, 0.25) is 11.8 Å². The van der Waals surface area contributed by atoms with Crippen LogP contribution in [0.5, 0.6) is 11.5 Å². The molecule has 1 aliphatic heterocycles.